The molecule has 5 nitrogen and oxygen atoms in total. The third-order valence-corrected chi connectivity index (χ3v) is 4.26. The standard InChI is InChI=1S/C12H19N5S/c1-5-13-12-16-10-9(14-6-15-10)11(17-12)18-8(4)7(2)3/h6-8H,5H2,1-4H3,(H2,13,14,15,16,17). The number of nitrogens with zero attached hydrogens (tertiary/aromatic N) is 3. The molecular formula is C12H19N5S. The number of imidazole rings is 1. The number of anilines is 1. The largest absolute Gasteiger partial charge is 0.354 e. The summed E-state index contributed by atoms with van der Waals surface area (Å²) in [5.41, 5.74) is 1.65. The molecule has 0 radical (unpaired) electrons. The molecule has 6 heteroatoms. The van der Waals surface area contributed by atoms with Gasteiger partial charge in [0.2, 0.25) is 5.95 Å². The fourth-order valence-electron chi connectivity index (χ4n) is 1.44. The number of fused-ring (bicyclic) bond motifs is 1. The summed E-state index contributed by atoms with van der Waals surface area (Å²) in [6, 6.07) is 0. The van der Waals surface area contributed by atoms with Crippen molar-refractivity contribution in [3.63, 3.8) is 0 Å². The van der Waals surface area contributed by atoms with Gasteiger partial charge >= 0.3 is 0 Å². The molecule has 0 bridgehead atoms. The molecule has 98 valence electrons. The van der Waals surface area contributed by atoms with E-state index < -0.39 is 0 Å². The van der Waals surface area contributed by atoms with Crippen molar-refractivity contribution in [3.8, 4) is 0 Å². The van der Waals surface area contributed by atoms with Gasteiger partial charge in [0.15, 0.2) is 5.65 Å². The van der Waals surface area contributed by atoms with Gasteiger partial charge in [0, 0.05) is 11.8 Å². The summed E-state index contributed by atoms with van der Waals surface area (Å²) in [6.45, 7) is 9.48. The number of aromatic nitrogens is 4. The van der Waals surface area contributed by atoms with Crippen LogP contribution in [0.5, 0.6) is 0 Å². The first-order valence-electron chi connectivity index (χ1n) is 6.23. The molecule has 0 saturated heterocycles. The van der Waals surface area contributed by atoms with Gasteiger partial charge in [-0.05, 0) is 12.8 Å². The second-order valence-electron chi connectivity index (χ2n) is 4.55. The van der Waals surface area contributed by atoms with Crippen molar-refractivity contribution in [2.75, 3.05) is 11.9 Å². The Morgan fingerprint density at radius 2 is 2.11 bits per heavy atom. The van der Waals surface area contributed by atoms with Gasteiger partial charge in [-0.2, -0.15) is 4.98 Å². The Morgan fingerprint density at radius 1 is 1.33 bits per heavy atom. The van der Waals surface area contributed by atoms with E-state index >= 15 is 0 Å². The molecule has 2 N–H and O–H groups in total. The summed E-state index contributed by atoms with van der Waals surface area (Å²) in [6.07, 6.45) is 1.67. The summed E-state index contributed by atoms with van der Waals surface area (Å²) >= 11 is 1.76. The van der Waals surface area contributed by atoms with Gasteiger partial charge in [0.25, 0.3) is 0 Å². The Balaban J connectivity index is 2.37. The second kappa shape index (κ2) is 5.56. The summed E-state index contributed by atoms with van der Waals surface area (Å²) < 4.78 is 0. The highest BCUT2D eigenvalue weighted by atomic mass is 32.2. The van der Waals surface area contributed by atoms with E-state index in [1.54, 1.807) is 18.1 Å². The average Bonchev–Trinajstić information content (AvgIpc) is 2.77. The monoisotopic (exact) mass is 265 g/mol. The average molecular weight is 265 g/mol. The van der Waals surface area contributed by atoms with Crippen LogP contribution in [0, 0.1) is 5.92 Å². The highest BCUT2D eigenvalue weighted by Crippen LogP contribution is 2.30. The van der Waals surface area contributed by atoms with E-state index in [0.717, 1.165) is 22.7 Å². The van der Waals surface area contributed by atoms with E-state index in [-0.39, 0.29) is 0 Å². The lowest BCUT2D eigenvalue weighted by Crippen LogP contribution is -2.08. The zero-order chi connectivity index (χ0) is 13.1. The lowest BCUT2D eigenvalue weighted by atomic mass is 10.2. The first-order chi connectivity index (χ1) is 8.61. The van der Waals surface area contributed by atoms with Crippen LogP contribution < -0.4 is 5.32 Å². The van der Waals surface area contributed by atoms with Gasteiger partial charge in [0.05, 0.1) is 6.33 Å². The summed E-state index contributed by atoms with van der Waals surface area (Å²) in [5.74, 6) is 1.25. The first-order valence-corrected chi connectivity index (χ1v) is 7.11. The zero-order valence-electron chi connectivity index (χ0n) is 11.2. The molecule has 0 aliphatic heterocycles. The minimum Gasteiger partial charge on any atom is -0.354 e. The van der Waals surface area contributed by atoms with Crippen LogP contribution in [0.15, 0.2) is 11.4 Å². The van der Waals surface area contributed by atoms with Crippen molar-refractivity contribution in [3.05, 3.63) is 6.33 Å². The van der Waals surface area contributed by atoms with Gasteiger partial charge in [-0.15, -0.1) is 11.8 Å². The van der Waals surface area contributed by atoms with Crippen molar-refractivity contribution in [2.45, 2.75) is 38.0 Å². The minimum atomic E-state index is 0.501. The van der Waals surface area contributed by atoms with Crippen LogP contribution in [-0.4, -0.2) is 31.7 Å². The minimum absolute atomic E-state index is 0.501. The van der Waals surface area contributed by atoms with Crippen LogP contribution in [0.1, 0.15) is 27.7 Å². The van der Waals surface area contributed by atoms with Crippen molar-refractivity contribution in [1.29, 1.82) is 0 Å². The van der Waals surface area contributed by atoms with Crippen LogP contribution in [0.4, 0.5) is 5.95 Å². The molecule has 18 heavy (non-hydrogen) atoms. The molecule has 0 fully saturated rings. The molecule has 1 unspecified atom stereocenters. The van der Waals surface area contributed by atoms with Gasteiger partial charge < -0.3 is 10.3 Å². The summed E-state index contributed by atoms with van der Waals surface area (Å²) in [5, 5.41) is 4.61. The highest BCUT2D eigenvalue weighted by molar-refractivity contribution is 8.00. The molecule has 0 amide bonds. The van der Waals surface area contributed by atoms with E-state index in [1.165, 1.54) is 0 Å². The maximum atomic E-state index is 4.55. The van der Waals surface area contributed by atoms with Crippen LogP contribution in [0.25, 0.3) is 11.2 Å². The molecule has 0 aliphatic carbocycles. The third-order valence-electron chi connectivity index (χ3n) is 2.82. The van der Waals surface area contributed by atoms with E-state index in [9.17, 15) is 0 Å². The number of hydrogen-bond acceptors (Lipinski definition) is 5. The Labute approximate surface area is 111 Å². The Kier molecular flexibility index (Phi) is 4.06. The topological polar surface area (TPSA) is 66.5 Å². The summed E-state index contributed by atoms with van der Waals surface area (Å²) in [4.78, 5) is 16.2. The van der Waals surface area contributed by atoms with Gasteiger partial charge in [-0.1, -0.05) is 20.8 Å². The molecular weight excluding hydrogens is 246 g/mol. The van der Waals surface area contributed by atoms with E-state index in [1.807, 2.05) is 6.92 Å². The van der Waals surface area contributed by atoms with Gasteiger partial charge in [-0.25, -0.2) is 9.97 Å². The number of H-pyrrole nitrogens is 1. The SMILES string of the molecule is CCNc1nc(SC(C)C(C)C)c2[nH]cnc2n1. The number of aromatic amines is 1. The number of rotatable bonds is 5. The molecule has 0 aromatic carbocycles. The molecule has 0 spiro atoms. The van der Waals surface area contributed by atoms with Crippen LogP contribution in [0.3, 0.4) is 0 Å². The predicted octanol–water partition coefficient (Wildman–Crippen LogP) is 2.92. The smallest absolute Gasteiger partial charge is 0.225 e. The quantitative estimate of drug-likeness (QED) is 0.642. The molecule has 0 saturated carbocycles. The highest BCUT2D eigenvalue weighted by Gasteiger charge is 2.15. The normalized spacial score (nSPS) is 13.2. The lowest BCUT2D eigenvalue weighted by molar-refractivity contribution is 0.641. The fourth-order valence-corrected chi connectivity index (χ4v) is 2.47. The number of hydrogen-bond donors (Lipinski definition) is 2. The van der Waals surface area contributed by atoms with Gasteiger partial charge in [0.1, 0.15) is 10.5 Å². The Morgan fingerprint density at radius 3 is 2.78 bits per heavy atom. The number of nitrogens with one attached hydrogen (secondary N) is 2. The molecule has 0 aliphatic rings. The van der Waals surface area contributed by atoms with Crippen molar-refractivity contribution in [2.24, 2.45) is 5.92 Å². The van der Waals surface area contributed by atoms with Gasteiger partial charge in [-0.3, -0.25) is 0 Å². The first kappa shape index (κ1) is 13.1. The maximum absolute atomic E-state index is 4.55. The number of thioether (sulfide) groups is 1. The molecule has 2 aromatic rings. The van der Waals surface area contributed by atoms with E-state index in [0.29, 0.717) is 17.1 Å². The van der Waals surface area contributed by atoms with Crippen LogP contribution in [-0.2, 0) is 0 Å². The van der Waals surface area contributed by atoms with Crippen molar-refractivity contribution in [1.82, 2.24) is 19.9 Å². The lowest BCUT2D eigenvalue weighted by Gasteiger charge is -2.15. The van der Waals surface area contributed by atoms with E-state index in [2.05, 4.69) is 46.0 Å². The zero-order valence-corrected chi connectivity index (χ0v) is 12.0. The van der Waals surface area contributed by atoms with E-state index in [4.69, 9.17) is 0 Å². The Bertz CT molecular complexity index is 522. The predicted molar refractivity (Wildman–Crippen MR) is 76.0 cm³/mol. The maximum Gasteiger partial charge on any atom is 0.225 e. The summed E-state index contributed by atoms with van der Waals surface area (Å²) in [7, 11) is 0. The van der Waals surface area contributed by atoms with Crippen molar-refractivity contribution < 1.29 is 0 Å². The molecule has 2 heterocycles. The van der Waals surface area contributed by atoms with Crippen molar-refractivity contribution >= 4 is 28.9 Å². The molecule has 2 rings (SSSR count). The molecule has 1 atom stereocenters. The Hall–Kier alpha value is -1.30. The van der Waals surface area contributed by atoms with Crippen LogP contribution >= 0.6 is 11.8 Å². The third kappa shape index (κ3) is 2.75. The second-order valence-corrected chi connectivity index (χ2v) is 5.92. The van der Waals surface area contributed by atoms with Crippen LogP contribution in [0.2, 0.25) is 0 Å². The molecule has 2 aromatic heterocycles. The fraction of sp³-hybridized carbons (Fsp3) is 0.583.